The molecule has 1 N–H and O–H groups in total. The lowest BCUT2D eigenvalue weighted by Gasteiger charge is -2.21. The predicted molar refractivity (Wildman–Crippen MR) is 62.2 cm³/mol. The van der Waals surface area contributed by atoms with Crippen LogP contribution in [-0.4, -0.2) is 25.9 Å². The molecule has 16 heavy (non-hydrogen) atoms. The van der Waals surface area contributed by atoms with E-state index in [-0.39, 0.29) is 0 Å². The Labute approximate surface area is 94.1 Å². The van der Waals surface area contributed by atoms with E-state index in [4.69, 9.17) is 0 Å². The SMILES string of the molecule is CC1CCNc2cc(-c3nccn3C)nn21. The average Bonchev–Trinajstić information content (AvgIpc) is 2.84. The molecule has 0 spiro atoms. The summed E-state index contributed by atoms with van der Waals surface area (Å²) >= 11 is 0. The maximum absolute atomic E-state index is 4.61. The van der Waals surface area contributed by atoms with Crippen molar-refractivity contribution in [3.8, 4) is 11.5 Å². The monoisotopic (exact) mass is 217 g/mol. The molecule has 84 valence electrons. The van der Waals surface area contributed by atoms with E-state index in [9.17, 15) is 0 Å². The Morgan fingerprint density at radius 1 is 1.50 bits per heavy atom. The van der Waals surface area contributed by atoms with Gasteiger partial charge in [-0.25, -0.2) is 9.67 Å². The van der Waals surface area contributed by atoms with Crippen LogP contribution in [0.2, 0.25) is 0 Å². The minimum absolute atomic E-state index is 0.463. The lowest BCUT2D eigenvalue weighted by Crippen LogP contribution is -2.21. The molecule has 1 atom stereocenters. The standard InChI is InChI=1S/C11H15N5/c1-8-3-4-12-10-7-9(14-16(8)10)11-13-5-6-15(11)2/h5-8,12H,3-4H2,1-2H3. The first-order valence-electron chi connectivity index (χ1n) is 5.57. The molecule has 0 saturated heterocycles. The maximum Gasteiger partial charge on any atom is 0.160 e. The van der Waals surface area contributed by atoms with Gasteiger partial charge in [-0.15, -0.1) is 0 Å². The van der Waals surface area contributed by atoms with Gasteiger partial charge >= 0.3 is 0 Å². The van der Waals surface area contributed by atoms with Gasteiger partial charge in [0.25, 0.3) is 0 Å². The summed E-state index contributed by atoms with van der Waals surface area (Å²) in [4.78, 5) is 4.31. The summed E-state index contributed by atoms with van der Waals surface area (Å²) in [6.07, 6.45) is 4.85. The number of fused-ring (bicyclic) bond motifs is 1. The first kappa shape index (κ1) is 9.45. The van der Waals surface area contributed by atoms with E-state index < -0.39 is 0 Å². The van der Waals surface area contributed by atoms with E-state index in [1.165, 1.54) is 0 Å². The molecule has 0 radical (unpaired) electrons. The molecule has 5 heteroatoms. The second-order valence-corrected chi connectivity index (χ2v) is 4.29. The lowest BCUT2D eigenvalue weighted by atomic mass is 10.2. The zero-order valence-corrected chi connectivity index (χ0v) is 9.51. The van der Waals surface area contributed by atoms with Crippen molar-refractivity contribution in [2.45, 2.75) is 19.4 Å². The molecular formula is C11H15N5. The Morgan fingerprint density at radius 3 is 3.06 bits per heavy atom. The van der Waals surface area contributed by atoms with E-state index in [1.807, 2.05) is 22.5 Å². The second-order valence-electron chi connectivity index (χ2n) is 4.29. The van der Waals surface area contributed by atoms with Gasteiger partial charge in [-0.3, -0.25) is 0 Å². The molecule has 3 heterocycles. The number of aromatic nitrogens is 4. The van der Waals surface area contributed by atoms with Crippen LogP contribution in [-0.2, 0) is 7.05 Å². The lowest BCUT2D eigenvalue weighted by molar-refractivity contribution is 0.453. The van der Waals surface area contributed by atoms with Crippen LogP contribution in [0.25, 0.3) is 11.5 Å². The minimum Gasteiger partial charge on any atom is -0.370 e. The zero-order valence-electron chi connectivity index (χ0n) is 9.51. The van der Waals surface area contributed by atoms with Crippen molar-refractivity contribution in [3.05, 3.63) is 18.5 Å². The fraction of sp³-hybridized carbons (Fsp3) is 0.455. The van der Waals surface area contributed by atoms with Crippen LogP contribution in [0.15, 0.2) is 18.5 Å². The van der Waals surface area contributed by atoms with Gasteiger partial charge in [0, 0.05) is 32.1 Å². The van der Waals surface area contributed by atoms with Gasteiger partial charge < -0.3 is 9.88 Å². The fourth-order valence-electron chi connectivity index (χ4n) is 2.12. The highest BCUT2D eigenvalue weighted by Gasteiger charge is 2.19. The maximum atomic E-state index is 4.61. The summed E-state index contributed by atoms with van der Waals surface area (Å²) in [5.41, 5.74) is 0.934. The number of nitrogens with one attached hydrogen (secondary N) is 1. The largest absolute Gasteiger partial charge is 0.370 e. The molecule has 0 bridgehead atoms. The number of hydrogen-bond donors (Lipinski definition) is 1. The highest BCUT2D eigenvalue weighted by molar-refractivity contribution is 5.57. The van der Waals surface area contributed by atoms with Crippen molar-refractivity contribution in [2.24, 2.45) is 7.05 Å². The minimum atomic E-state index is 0.463. The van der Waals surface area contributed by atoms with Crippen molar-refractivity contribution in [1.82, 2.24) is 19.3 Å². The van der Waals surface area contributed by atoms with Gasteiger partial charge in [0.15, 0.2) is 5.82 Å². The van der Waals surface area contributed by atoms with Gasteiger partial charge in [0.1, 0.15) is 11.5 Å². The number of hydrogen-bond acceptors (Lipinski definition) is 3. The van der Waals surface area contributed by atoms with Gasteiger partial charge in [-0.2, -0.15) is 5.10 Å². The van der Waals surface area contributed by atoms with Crippen LogP contribution in [0, 0.1) is 0 Å². The summed E-state index contributed by atoms with van der Waals surface area (Å²) in [6, 6.07) is 2.53. The van der Waals surface area contributed by atoms with Crippen molar-refractivity contribution < 1.29 is 0 Å². The molecule has 1 unspecified atom stereocenters. The Balaban J connectivity index is 2.08. The molecule has 0 fully saturated rings. The van der Waals surface area contributed by atoms with E-state index >= 15 is 0 Å². The molecule has 2 aromatic heterocycles. The Morgan fingerprint density at radius 2 is 2.38 bits per heavy atom. The van der Waals surface area contributed by atoms with Gasteiger partial charge in [0.2, 0.25) is 0 Å². The van der Waals surface area contributed by atoms with E-state index in [0.717, 1.165) is 30.3 Å². The number of rotatable bonds is 1. The first-order valence-corrected chi connectivity index (χ1v) is 5.57. The number of anilines is 1. The number of nitrogens with zero attached hydrogens (tertiary/aromatic N) is 4. The molecule has 0 amide bonds. The molecule has 1 aliphatic rings. The van der Waals surface area contributed by atoms with Crippen LogP contribution in [0.3, 0.4) is 0 Å². The summed E-state index contributed by atoms with van der Waals surface area (Å²) < 4.78 is 4.03. The molecule has 2 aromatic rings. The Bertz CT molecular complexity index is 510. The van der Waals surface area contributed by atoms with Gasteiger partial charge in [0.05, 0.1) is 6.04 Å². The topological polar surface area (TPSA) is 47.7 Å². The summed E-state index contributed by atoms with van der Waals surface area (Å²) in [7, 11) is 1.98. The number of imidazole rings is 1. The third-order valence-electron chi connectivity index (χ3n) is 3.07. The summed E-state index contributed by atoms with van der Waals surface area (Å²) in [5, 5.41) is 7.96. The highest BCUT2D eigenvalue weighted by Crippen LogP contribution is 2.27. The number of aryl methyl sites for hydroxylation is 1. The first-order chi connectivity index (χ1) is 7.75. The molecule has 0 aromatic carbocycles. The second kappa shape index (κ2) is 3.37. The van der Waals surface area contributed by atoms with Crippen LogP contribution in [0.5, 0.6) is 0 Å². The summed E-state index contributed by atoms with van der Waals surface area (Å²) in [5.74, 6) is 2.01. The predicted octanol–water partition coefficient (Wildman–Crippen LogP) is 1.66. The van der Waals surface area contributed by atoms with Gasteiger partial charge in [-0.05, 0) is 13.3 Å². The smallest absolute Gasteiger partial charge is 0.160 e. The third kappa shape index (κ3) is 1.31. The van der Waals surface area contributed by atoms with E-state index in [0.29, 0.717) is 6.04 Å². The van der Waals surface area contributed by atoms with Crippen LogP contribution < -0.4 is 5.32 Å². The van der Waals surface area contributed by atoms with Crippen LogP contribution in [0.1, 0.15) is 19.4 Å². The van der Waals surface area contributed by atoms with Crippen LogP contribution in [0.4, 0.5) is 5.82 Å². The van der Waals surface area contributed by atoms with Crippen molar-refractivity contribution in [3.63, 3.8) is 0 Å². The molecule has 5 nitrogen and oxygen atoms in total. The normalized spacial score (nSPS) is 19.2. The fourth-order valence-corrected chi connectivity index (χ4v) is 2.12. The molecule has 0 aliphatic carbocycles. The van der Waals surface area contributed by atoms with Crippen molar-refractivity contribution >= 4 is 5.82 Å². The van der Waals surface area contributed by atoms with Crippen molar-refractivity contribution in [1.29, 1.82) is 0 Å². The zero-order chi connectivity index (χ0) is 11.1. The quantitative estimate of drug-likeness (QED) is 0.790. The molecule has 3 rings (SSSR count). The Kier molecular flexibility index (Phi) is 1.99. The van der Waals surface area contributed by atoms with Gasteiger partial charge in [-0.1, -0.05) is 0 Å². The Hall–Kier alpha value is -1.78. The molecule has 0 saturated carbocycles. The van der Waals surface area contributed by atoms with E-state index in [1.54, 1.807) is 6.20 Å². The summed E-state index contributed by atoms with van der Waals surface area (Å²) in [6.45, 7) is 3.21. The molecular weight excluding hydrogens is 202 g/mol. The third-order valence-corrected chi connectivity index (χ3v) is 3.07. The molecule has 1 aliphatic heterocycles. The highest BCUT2D eigenvalue weighted by atomic mass is 15.4. The van der Waals surface area contributed by atoms with E-state index in [2.05, 4.69) is 28.4 Å². The average molecular weight is 217 g/mol. The van der Waals surface area contributed by atoms with Crippen molar-refractivity contribution in [2.75, 3.05) is 11.9 Å². The van der Waals surface area contributed by atoms with Crippen LogP contribution >= 0.6 is 0 Å².